The zero-order valence-corrected chi connectivity index (χ0v) is 14.2. The fourth-order valence-electron chi connectivity index (χ4n) is 3.37. The molecular weight excluding hydrogens is 275 g/mol. The second-order valence-corrected chi connectivity index (χ2v) is 6.91. The van der Waals surface area contributed by atoms with Crippen molar-refractivity contribution < 1.29 is 9.13 Å². The van der Waals surface area contributed by atoms with E-state index in [1.54, 1.807) is 6.07 Å². The summed E-state index contributed by atoms with van der Waals surface area (Å²) >= 11 is 0. The molecule has 0 amide bonds. The molecule has 1 aromatic carbocycles. The summed E-state index contributed by atoms with van der Waals surface area (Å²) in [4.78, 5) is 0. The highest BCUT2D eigenvalue weighted by atomic mass is 19.1. The molecule has 0 atom stereocenters. The maximum atomic E-state index is 14.2. The Morgan fingerprint density at radius 1 is 1.05 bits per heavy atom. The highest BCUT2D eigenvalue weighted by Crippen LogP contribution is 2.36. The molecule has 0 spiro atoms. The lowest BCUT2D eigenvalue weighted by Crippen LogP contribution is -2.11. The standard InChI is InChI=1S/C20H31FO/c1-3-4-5-6-7-14-22-20-13-12-18(15-19(20)21)17-10-8-16(2)9-11-17/h12-13,15-17H,3-11,14H2,1-2H3/t16-,17-. The molecule has 1 aliphatic rings. The highest BCUT2D eigenvalue weighted by molar-refractivity contribution is 5.31. The highest BCUT2D eigenvalue weighted by Gasteiger charge is 2.20. The summed E-state index contributed by atoms with van der Waals surface area (Å²) < 4.78 is 19.8. The summed E-state index contributed by atoms with van der Waals surface area (Å²) in [7, 11) is 0. The molecule has 2 heteroatoms. The Labute approximate surface area is 135 Å². The van der Waals surface area contributed by atoms with E-state index in [0.717, 1.165) is 17.9 Å². The van der Waals surface area contributed by atoms with Crippen LogP contribution in [-0.4, -0.2) is 6.61 Å². The number of ether oxygens (including phenoxy) is 1. The lowest BCUT2D eigenvalue weighted by molar-refractivity contribution is 0.289. The first-order valence-corrected chi connectivity index (χ1v) is 9.13. The second kappa shape index (κ2) is 9.17. The van der Waals surface area contributed by atoms with Crippen LogP contribution in [0.2, 0.25) is 0 Å². The zero-order valence-electron chi connectivity index (χ0n) is 14.2. The predicted molar refractivity (Wildman–Crippen MR) is 91.0 cm³/mol. The first kappa shape index (κ1) is 17.3. The van der Waals surface area contributed by atoms with Gasteiger partial charge in [-0.15, -0.1) is 0 Å². The molecule has 1 aromatic rings. The van der Waals surface area contributed by atoms with Crippen LogP contribution in [0.1, 0.15) is 83.1 Å². The van der Waals surface area contributed by atoms with Gasteiger partial charge in [0.2, 0.25) is 0 Å². The third kappa shape index (κ3) is 5.30. The summed E-state index contributed by atoms with van der Waals surface area (Å²) in [5.74, 6) is 1.60. The molecule has 1 aliphatic carbocycles. The van der Waals surface area contributed by atoms with Gasteiger partial charge >= 0.3 is 0 Å². The molecule has 0 heterocycles. The van der Waals surface area contributed by atoms with Crippen molar-refractivity contribution in [1.29, 1.82) is 0 Å². The second-order valence-electron chi connectivity index (χ2n) is 6.91. The fraction of sp³-hybridized carbons (Fsp3) is 0.700. The average molecular weight is 306 g/mol. The Kier molecular flexibility index (Phi) is 7.21. The van der Waals surface area contributed by atoms with Gasteiger partial charge in [0, 0.05) is 0 Å². The number of unbranched alkanes of at least 4 members (excludes halogenated alkanes) is 4. The van der Waals surface area contributed by atoms with Crippen LogP contribution >= 0.6 is 0 Å². The van der Waals surface area contributed by atoms with E-state index in [2.05, 4.69) is 19.9 Å². The van der Waals surface area contributed by atoms with E-state index >= 15 is 0 Å². The van der Waals surface area contributed by atoms with Crippen molar-refractivity contribution in [1.82, 2.24) is 0 Å². The van der Waals surface area contributed by atoms with Crippen LogP contribution in [0.3, 0.4) is 0 Å². The lowest BCUT2D eigenvalue weighted by Gasteiger charge is -2.26. The van der Waals surface area contributed by atoms with Crippen LogP contribution in [0.25, 0.3) is 0 Å². The summed E-state index contributed by atoms with van der Waals surface area (Å²) in [6, 6.07) is 5.60. The van der Waals surface area contributed by atoms with Crippen molar-refractivity contribution in [3.8, 4) is 5.75 Å². The smallest absolute Gasteiger partial charge is 0.165 e. The zero-order chi connectivity index (χ0) is 15.8. The van der Waals surface area contributed by atoms with Crippen molar-refractivity contribution in [3.05, 3.63) is 29.6 Å². The number of benzene rings is 1. The molecule has 0 bridgehead atoms. The summed E-state index contributed by atoms with van der Waals surface area (Å²) in [6.45, 7) is 5.15. The van der Waals surface area contributed by atoms with E-state index < -0.39 is 0 Å². The molecule has 0 unspecified atom stereocenters. The van der Waals surface area contributed by atoms with Gasteiger partial charge in [0.15, 0.2) is 11.6 Å². The van der Waals surface area contributed by atoms with Crippen molar-refractivity contribution >= 4 is 0 Å². The molecule has 0 aromatic heterocycles. The van der Waals surface area contributed by atoms with Crippen LogP contribution in [0.5, 0.6) is 5.75 Å². The van der Waals surface area contributed by atoms with Crippen LogP contribution in [-0.2, 0) is 0 Å². The molecule has 1 fully saturated rings. The molecule has 1 nitrogen and oxygen atoms in total. The van der Waals surface area contributed by atoms with Crippen LogP contribution in [0.4, 0.5) is 4.39 Å². The van der Waals surface area contributed by atoms with Crippen molar-refractivity contribution in [3.63, 3.8) is 0 Å². The first-order valence-electron chi connectivity index (χ1n) is 9.13. The molecule has 0 aliphatic heterocycles. The third-order valence-electron chi connectivity index (χ3n) is 4.95. The van der Waals surface area contributed by atoms with Crippen molar-refractivity contribution in [2.24, 2.45) is 5.92 Å². The lowest BCUT2D eigenvalue weighted by atomic mass is 9.79. The Bertz CT molecular complexity index is 435. The van der Waals surface area contributed by atoms with Crippen molar-refractivity contribution in [2.75, 3.05) is 6.61 Å². The van der Waals surface area contributed by atoms with Gasteiger partial charge in [0.1, 0.15) is 0 Å². The maximum Gasteiger partial charge on any atom is 0.165 e. The van der Waals surface area contributed by atoms with Crippen molar-refractivity contribution in [2.45, 2.75) is 77.6 Å². The van der Waals surface area contributed by atoms with E-state index in [-0.39, 0.29) is 5.82 Å². The molecule has 22 heavy (non-hydrogen) atoms. The molecule has 124 valence electrons. The molecule has 0 radical (unpaired) electrons. The fourth-order valence-corrected chi connectivity index (χ4v) is 3.37. The minimum atomic E-state index is -0.190. The predicted octanol–water partition coefficient (Wildman–Crippen LogP) is 6.47. The van der Waals surface area contributed by atoms with E-state index in [1.807, 2.05) is 6.07 Å². The van der Waals surface area contributed by atoms with Gasteiger partial charge in [-0.25, -0.2) is 4.39 Å². The number of hydrogen-bond donors (Lipinski definition) is 0. The minimum Gasteiger partial charge on any atom is -0.491 e. The topological polar surface area (TPSA) is 9.23 Å². The average Bonchev–Trinajstić information content (AvgIpc) is 2.53. The summed E-state index contributed by atoms with van der Waals surface area (Å²) in [5, 5.41) is 0. The minimum absolute atomic E-state index is 0.190. The third-order valence-corrected chi connectivity index (χ3v) is 4.95. The quantitative estimate of drug-likeness (QED) is 0.500. The number of hydrogen-bond acceptors (Lipinski definition) is 1. The molecular formula is C20H31FO. The van der Waals surface area contributed by atoms with E-state index in [1.165, 1.54) is 51.4 Å². The summed E-state index contributed by atoms with van der Waals surface area (Å²) in [5.41, 5.74) is 1.15. The van der Waals surface area contributed by atoms with E-state index in [9.17, 15) is 4.39 Å². The van der Waals surface area contributed by atoms with Gasteiger partial charge in [-0.05, 0) is 48.8 Å². The maximum absolute atomic E-state index is 14.2. The Morgan fingerprint density at radius 3 is 2.45 bits per heavy atom. The van der Waals surface area contributed by atoms with E-state index in [0.29, 0.717) is 18.3 Å². The first-order chi connectivity index (χ1) is 10.7. The molecule has 1 saturated carbocycles. The number of halogens is 1. The molecule has 0 N–H and O–H groups in total. The van der Waals surface area contributed by atoms with Gasteiger partial charge < -0.3 is 4.74 Å². The Morgan fingerprint density at radius 2 is 1.77 bits per heavy atom. The van der Waals surface area contributed by atoms with Gasteiger partial charge in [-0.2, -0.15) is 0 Å². The van der Waals surface area contributed by atoms with Gasteiger partial charge in [-0.3, -0.25) is 0 Å². The monoisotopic (exact) mass is 306 g/mol. The largest absolute Gasteiger partial charge is 0.491 e. The van der Waals surface area contributed by atoms with Crippen LogP contribution in [0, 0.1) is 11.7 Å². The Balaban J connectivity index is 1.79. The van der Waals surface area contributed by atoms with E-state index in [4.69, 9.17) is 4.74 Å². The number of rotatable bonds is 8. The SMILES string of the molecule is CCCCCCCOc1ccc([C@H]2CC[C@H](C)CC2)cc1F. The Hall–Kier alpha value is -1.05. The normalized spacial score (nSPS) is 21.8. The van der Waals surface area contributed by atoms with Gasteiger partial charge in [-0.1, -0.05) is 58.4 Å². The van der Waals surface area contributed by atoms with Crippen LogP contribution < -0.4 is 4.74 Å². The van der Waals surface area contributed by atoms with Crippen LogP contribution in [0.15, 0.2) is 18.2 Å². The summed E-state index contributed by atoms with van der Waals surface area (Å²) in [6.07, 6.45) is 10.9. The van der Waals surface area contributed by atoms with Gasteiger partial charge in [0.25, 0.3) is 0 Å². The molecule has 2 rings (SSSR count). The van der Waals surface area contributed by atoms with Gasteiger partial charge in [0.05, 0.1) is 6.61 Å². The molecule has 0 saturated heterocycles.